The number of hydrogen-bond donors (Lipinski definition) is 0. The van der Waals surface area contributed by atoms with Crippen molar-refractivity contribution >= 4 is 17.5 Å². The van der Waals surface area contributed by atoms with Gasteiger partial charge in [-0.1, -0.05) is 50.6 Å². The highest BCUT2D eigenvalue weighted by molar-refractivity contribution is 8.00. The highest BCUT2D eigenvalue weighted by Crippen LogP contribution is 2.20. The van der Waals surface area contributed by atoms with Crippen molar-refractivity contribution in [3.8, 4) is 0 Å². The molecule has 0 amide bonds. The van der Waals surface area contributed by atoms with Crippen molar-refractivity contribution in [3.63, 3.8) is 0 Å². The molecule has 0 saturated heterocycles. The van der Waals surface area contributed by atoms with Crippen LogP contribution in [0.2, 0.25) is 0 Å². The maximum absolute atomic E-state index is 12.0. The molecule has 0 saturated carbocycles. The molecule has 88 valence electrons. The summed E-state index contributed by atoms with van der Waals surface area (Å²) in [5.74, 6) is 2.00. The molecule has 0 N–H and O–H groups in total. The summed E-state index contributed by atoms with van der Waals surface area (Å²) in [7, 11) is 0. The first kappa shape index (κ1) is 13.3. The Morgan fingerprint density at radius 3 is 2.44 bits per heavy atom. The van der Waals surface area contributed by atoms with Gasteiger partial charge in [-0.15, -0.1) is 0 Å². The van der Waals surface area contributed by atoms with Crippen LogP contribution in [0.3, 0.4) is 0 Å². The van der Waals surface area contributed by atoms with Gasteiger partial charge in [0.1, 0.15) is 0 Å². The third kappa shape index (κ3) is 4.01. The minimum Gasteiger partial charge on any atom is -0.293 e. The van der Waals surface area contributed by atoms with Crippen molar-refractivity contribution in [3.05, 3.63) is 35.9 Å². The average Bonchev–Trinajstić information content (AvgIpc) is 2.35. The third-order valence-corrected chi connectivity index (χ3v) is 4.23. The Morgan fingerprint density at radius 1 is 1.25 bits per heavy atom. The van der Waals surface area contributed by atoms with Gasteiger partial charge in [-0.05, 0) is 18.6 Å². The van der Waals surface area contributed by atoms with Gasteiger partial charge in [0, 0.05) is 5.56 Å². The van der Waals surface area contributed by atoms with E-state index in [9.17, 15) is 4.79 Å². The molecular weight excluding hydrogens is 216 g/mol. The van der Waals surface area contributed by atoms with Gasteiger partial charge in [0.2, 0.25) is 0 Å². The summed E-state index contributed by atoms with van der Waals surface area (Å²) in [6, 6.07) is 9.55. The molecule has 0 fully saturated rings. The molecule has 0 aliphatic heterocycles. The zero-order valence-electron chi connectivity index (χ0n) is 10.3. The van der Waals surface area contributed by atoms with E-state index >= 15 is 0 Å². The van der Waals surface area contributed by atoms with Gasteiger partial charge < -0.3 is 0 Å². The summed E-state index contributed by atoms with van der Waals surface area (Å²) in [5, 5.41) is 0.0661. The summed E-state index contributed by atoms with van der Waals surface area (Å²) < 4.78 is 0. The average molecular weight is 236 g/mol. The molecule has 2 unspecified atom stereocenters. The molecule has 2 atom stereocenters. The lowest BCUT2D eigenvalue weighted by atomic mass is 10.1. The van der Waals surface area contributed by atoms with E-state index in [0.29, 0.717) is 5.92 Å². The van der Waals surface area contributed by atoms with Crippen molar-refractivity contribution in [2.45, 2.75) is 32.4 Å². The lowest BCUT2D eigenvalue weighted by molar-refractivity contribution is 0.0994. The SMILES string of the molecule is CCC(C)CSC(C)C(=O)c1ccccc1. The first-order chi connectivity index (χ1) is 7.65. The van der Waals surface area contributed by atoms with Gasteiger partial charge in [0.25, 0.3) is 0 Å². The van der Waals surface area contributed by atoms with E-state index in [1.165, 1.54) is 6.42 Å². The number of benzene rings is 1. The van der Waals surface area contributed by atoms with E-state index in [1.54, 1.807) is 11.8 Å². The van der Waals surface area contributed by atoms with Gasteiger partial charge in [-0.3, -0.25) is 4.79 Å². The zero-order chi connectivity index (χ0) is 12.0. The highest BCUT2D eigenvalue weighted by Gasteiger charge is 2.15. The molecule has 0 aliphatic carbocycles. The van der Waals surface area contributed by atoms with Crippen LogP contribution in [-0.2, 0) is 0 Å². The van der Waals surface area contributed by atoms with Crippen LogP contribution < -0.4 is 0 Å². The second kappa shape index (κ2) is 6.74. The largest absolute Gasteiger partial charge is 0.293 e. The fourth-order valence-corrected chi connectivity index (χ4v) is 2.48. The highest BCUT2D eigenvalue weighted by atomic mass is 32.2. The number of carbonyl (C=O) groups is 1. The first-order valence-electron chi connectivity index (χ1n) is 5.86. The second-order valence-electron chi connectivity index (χ2n) is 4.22. The number of hydrogen-bond acceptors (Lipinski definition) is 2. The Morgan fingerprint density at radius 2 is 1.88 bits per heavy atom. The molecule has 1 aromatic carbocycles. The Bertz CT molecular complexity index is 321. The quantitative estimate of drug-likeness (QED) is 0.693. The summed E-state index contributed by atoms with van der Waals surface area (Å²) in [6.45, 7) is 6.42. The molecule has 0 aliphatic rings. The molecule has 1 nitrogen and oxygen atoms in total. The second-order valence-corrected chi connectivity index (χ2v) is 5.59. The zero-order valence-corrected chi connectivity index (χ0v) is 11.1. The number of thioether (sulfide) groups is 1. The van der Waals surface area contributed by atoms with E-state index in [-0.39, 0.29) is 11.0 Å². The Balaban J connectivity index is 2.49. The molecule has 1 aromatic rings. The molecule has 0 bridgehead atoms. The van der Waals surface area contributed by atoms with E-state index in [0.717, 1.165) is 11.3 Å². The Kier molecular flexibility index (Phi) is 5.61. The van der Waals surface area contributed by atoms with E-state index in [1.807, 2.05) is 37.3 Å². The van der Waals surface area contributed by atoms with E-state index in [2.05, 4.69) is 13.8 Å². The summed E-state index contributed by atoms with van der Waals surface area (Å²) in [5.41, 5.74) is 0.826. The summed E-state index contributed by atoms with van der Waals surface area (Å²) in [4.78, 5) is 12.0. The number of rotatable bonds is 6. The molecule has 0 aromatic heterocycles. The van der Waals surface area contributed by atoms with Crippen molar-refractivity contribution in [2.24, 2.45) is 5.92 Å². The normalized spacial score (nSPS) is 14.4. The van der Waals surface area contributed by atoms with Gasteiger partial charge in [-0.25, -0.2) is 0 Å². The van der Waals surface area contributed by atoms with Gasteiger partial charge in [0.15, 0.2) is 5.78 Å². The van der Waals surface area contributed by atoms with Gasteiger partial charge in [0.05, 0.1) is 5.25 Å². The minimum atomic E-state index is 0.0661. The number of carbonyl (C=O) groups excluding carboxylic acids is 1. The first-order valence-corrected chi connectivity index (χ1v) is 6.90. The summed E-state index contributed by atoms with van der Waals surface area (Å²) in [6.07, 6.45) is 1.18. The smallest absolute Gasteiger partial charge is 0.175 e. The predicted octanol–water partition coefficient (Wildman–Crippen LogP) is 4.04. The fourth-order valence-electron chi connectivity index (χ4n) is 1.34. The van der Waals surface area contributed by atoms with Crippen molar-refractivity contribution < 1.29 is 4.79 Å². The monoisotopic (exact) mass is 236 g/mol. The van der Waals surface area contributed by atoms with Crippen molar-refractivity contribution in [1.29, 1.82) is 0 Å². The Hall–Kier alpha value is -0.760. The van der Waals surface area contributed by atoms with E-state index < -0.39 is 0 Å². The summed E-state index contributed by atoms with van der Waals surface area (Å²) >= 11 is 1.76. The lowest BCUT2D eigenvalue weighted by Crippen LogP contribution is -2.15. The molecule has 0 heterocycles. The molecular formula is C14H20OS. The van der Waals surface area contributed by atoms with Crippen LogP contribution in [0, 0.1) is 5.92 Å². The molecule has 2 heteroatoms. The van der Waals surface area contributed by atoms with Crippen LogP contribution in [0.5, 0.6) is 0 Å². The molecule has 1 rings (SSSR count). The van der Waals surface area contributed by atoms with E-state index in [4.69, 9.17) is 0 Å². The maximum atomic E-state index is 12.0. The molecule has 0 radical (unpaired) electrons. The topological polar surface area (TPSA) is 17.1 Å². The fraction of sp³-hybridized carbons (Fsp3) is 0.500. The van der Waals surface area contributed by atoms with Crippen LogP contribution in [-0.4, -0.2) is 16.8 Å². The maximum Gasteiger partial charge on any atom is 0.175 e. The van der Waals surface area contributed by atoms with Crippen molar-refractivity contribution in [1.82, 2.24) is 0 Å². The van der Waals surface area contributed by atoms with Crippen LogP contribution in [0.4, 0.5) is 0 Å². The molecule has 16 heavy (non-hydrogen) atoms. The van der Waals surface area contributed by atoms with Crippen molar-refractivity contribution in [2.75, 3.05) is 5.75 Å². The van der Waals surface area contributed by atoms with Crippen LogP contribution in [0.25, 0.3) is 0 Å². The third-order valence-electron chi connectivity index (χ3n) is 2.76. The lowest BCUT2D eigenvalue weighted by Gasteiger charge is -2.13. The number of ketones is 1. The molecule has 0 spiro atoms. The van der Waals surface area contributed by atoms with Gasteiger partial charge in [-0.2, -0.15) is 11.8 Å². The van der Waals surface area contributed by atoms with Gasteiger partial charge >= 0.3 is 0 Å². The standard InChI is InChI=1S/C14H20OS/c1-4-11(2)10-16-12(3)14(15)13-8-6-5-7-9-13/h5-9,11-12H,4,10H2,1-3H3. The minimum absolute atomic E-state index is 0.0661. The van der Waals surface area contributed by atoms with Crippen LogP contribution in [0.15, 0.2) is 30.3 Å². The van der Waals surface area contributed by atoms with Crippen LogP contribution in [0.1, 0.15) is 37.6 Å². The Labute approximate surface area is 103 Å². The van der Waals surface area contributed by atoms with Crippen LogP contribution >= 0.6 is 11.8 Å². The number of Topliss-reactive ketones (excluding diaryl/α,β-unsaturated/α-hetero) is 1. The predicted molar refractivity (Wildman–Crippen MR) is 72.1 cm³/mol.